The van der Waals surface area contributed by atoms with Crippen molar-refractivity contribution in [3.05, 3.63) is 35.4 Å². The normalized spacial score (nSPS) is 18.1. The second-order valence-electron chi connectivity index (χ2n) is 6.01. The van der Waals surface area contributed by atoms with Gasteiger partial charge in [0.2, 0.25) is 0 Å². The van der Waals surface area contributed by atoms with E-state index in [0.717, 1.165) is 31.1 Å². The molecule has 1 saturated carbocycles. The van der Waals surface area contributed by atoms with Crippen molar-refractivity contribution in [2.75, 3.05) is 13.1 Å². The molecule has 1 nitrogen and oxygen atoms in total. The first kappa shape index (κ1) is 16.3. The van der Waals surface area contributed by atoms with Crippen LogP contribution in [-0.2, 0) is 12.6 Å². The molecule has 1 aromatic rings. The first-order chi connectivity index (χ1) is 10.0. The van der Waals surface area contributed by atoms with Gasteiger partial charge in [-0.2, -0.15) is 13.2 Å². The molecule has 0 spiro atoms. The van der Waals surface area contributed by atoms with Crippen LogP contribution in [0.4, 0.5) is 13.2 Å². The number of rotatable bonds is 6. The van der Waals surface area contributed by atoms with Gasteiger partial charge in [0.1, 0.15) is 0 Å². The zero-order valence-electron chi connectivity index (χ0n) is 12.5. The lowest BCUT2D eigenvalue weighted by molar-refractivity contribution is -0.137. The molecule has 118 valence electrons. The third-order valence-corrected chi connectivity index (χ3v) is 4.48. The van der Waals surface area contributed by atoms with E-state index >= 15 is 0 Å². The van der Waals surface area contributed by atoms with Crippen LogP contribution < -0.4 is 5.32 Å². The summed E-state index contributed by atoms with van der Waals surface area (Å²) in [4.78, 5) is 0. The van der Waals surface area contributed by atoms with E-state index in [0.29, 0.717) is 11.8 Å². The topological polar surface area (TPSA) is 12.0 Å². The predicted octanol–water partition coefficient (Wildman–Crippen LogP) is 4.66. The Kier molecular flexibility index (Phi) is 5.68. The number of halogens is 3. The maximum atomic E-state index is 12.8. The van der Waals surface area contributed by atoms with Gasteiger partial charge in [-0.3, -0.25) is 0 Å². The molecule has 1 aromatic carbocycles. The highest BCUT2D eigenvalue weighted by atomic mass is 19.4. The molecule has 1 aliphatic rings. The summed E-state index contributed by atoms with van der Waals surface area (Å²) in [6.07, 6.45) is 1.44. The average Bonchev–Trinajstić information content (AvgIpc) is 2.97. The van der Waals surface area contributed by atoms with Crippen LogP contribution in [0.25, 0.3) is 0 Å². The van der Waals surface area contributed by atoms with E-state index in [2.05, 4.69) is 12.2 Å². The highest BCUT2D eigenvalue weighted by Crippen LogP contribution is 2.34. The number of nitrogens with one attached hydrogen (secondary N) is 1. The Morgan fingerprint density at radius 3 is 2.57 bits per heavy atom. The van der Waals surface area contributed by atoms with Crippen molar-refractivity contribution in [3.63, 3.8) is 0 Å². The molecule has 0 amide bonds. The van der Waals surface area contributed by atoms with Gasteiger partial charge in [0, 0.05) is 0 Å². The molecule has 2 rings (SSSR count). The minimum Gasteiger partial charge on any atom is -0.317 e. The van der Waals surface area contributed by atoms with Gasteiger partial charge in [0.05, 0.1) is 5.56 Å². The molecule has 4 heteroatoms. The first-order valence-electron chi connectivity index (χ1n) is 7.87. The fourth-order valence-electron chi connectivity index (χ4n) is 3.34. The van der Waals surface area contributed by atoms with Crippen molar-refractivity contribution in [1.82, 2.24) is 5.32 Å². The third kappa shape index (κ3) is 4.73. The van der Waals surface area contributed by atoms with Crippen molar-refractivity contribution in [3.8, 4) is 0 Å². The minimum absolute atomic E-state index is 0.441. The van der Waals surface area contributed by atoms with E-state index in [4.69, 9.17) is 0 Å². The highest BCUT2D eigenvalue weighted by molar-refractivity contribution is 5.26. The van der Waals surface area contributed by atoms with Crippen LogP contribution >= 0.6 is 0 Å². The van der Waals surface area contributed by atoms with Crippen LogP contribution in [-0.4, -0.2) is 13.1 Å². The van der Waals surface area contributed by atoms with Gasteiger partial charge in [-0.25, -0.2) is 0 Å². The van der Waals surface area contributed by atoms with Gasteiger partial charge in [0.25, 0.3) is 0 Å². The summed E-state index contributed by atoms with van der Waals surface area (Å²) in [6.45, 7) is 3.87. The molecule has 0 radical (unpaired) electrons. The lowest BCUT2D eigenvalue weighted by Crippen LogP contribution is -2.29. The lowest BCUT2D eigenvalue weighted by Gasteiger charge is -2.24. The van der Waals surface area contributed by atoms with Gasteiger partial charge in [-0.1, -0.05) is 50.8 Å². The van der Waals surface area contributed by atoms with Gasteiger partial charge in [0.15, 0.2) is 0 Å². The van der Waals surface area contributed by atoms with Crippen LogP contribution in [0.2, 0.25) is 0 Å². The standard InChI is InChI=1S/C17H24F3N/c1-2-21-12-15(14-7-3-4-8-14)10-13-6-5-9-16(11-13)17(18,19)20/h5-6,9,11,14-15,21H,2-4,7-8,10,12H2,1H3. The molecule has 21 heavy (non-hydrogen) atoms. The van der Waals surface area contributed by atoms with Gasteiger partial charge in [-0.05, 0) is 43.0 Å². The lowest BCUT2D eigenvalue weighted by atomic mass is 9.85. The molecule has 0 saturated heterocycles. The van der Waals surface area contributed by atoms with Crippen LogP contribution in [0.15, 0.2) is 24.3 Å². The van der Waals surface area contributed by atoms with Crippen molar-refractivity contribution in [2.45, 2.75) is 45.2 Å². The molecule has 1 fully saturated rings. The Balaban J connectivity index is 2.08. The zero-order valence-corrected chi connectivity index (χ0v) is 12.5. The molecule has 0 bridgehead atoms. The van der Waals surface area contributed by atoms with Crippen LogP contribution in [0.1, 0.15) is 43.7 Å². The fourth-order valence-corrected chi connectivity index (χ4v) is 3.34. The Labute approximate surface area is 124 Å². The monoisotopic (exact) mass is 299 g/mol. The van der Waals surface area contributed by atoms with Gasteiger partial charge >= 0.3 is 6.18 Å². The summed E-state index contributed by atoms with van der Waals surface area (Å²) in [6, 6.07) is 5.81. The second kappa shape index (κ2) is 7.30. The van der Waals surface area contributed by atoms with Crippen molar-refractivity contribution >= 4 is 0 Å². The molecular weight excluding hydrogens is 275 g/mol. The van der Waals surface area contributed by atoms with E-state index in [9.17, 15) is 13.2 Å². The summed E-state index contributed by atoms with van der Waals surface area (Å²) in [7, 11) is 0. The Morgan fingerprint density at radius 1 is 1.24 bits per heavy atom. The Bertz CT molecular complexity index is 436. The SMILES string of the molecule is CCNCC(Cc1cccc(C(F)(F)F)c1)C1CCCC1. The van der Waals surface area contributed by atoms with Gasteiger partial charge < -0.3 is 5.32 Å². The number of benzene rings is 1. The molecule has 1 atom stereocenters. The van der Waals surface area contributed by atoms with E-state index in [-0.39, 0.29) is 0 Å². The predicted molar refractivity (Wildman–Crippen MR) is 79.1 cm³/mol. The van der Waals surface area contributed by atoms with Crippen molar-refractivity contribution < 1.29 is 13.2 Å². The van der Waals surface area contributed by atoms with Crippen LogP contribution in [0.3, 0.4) is 0 Å². The van der Waals surface area contributed by atoms with Crippen LogP contribution in [0.5, 0.6) is 0 Å². The van der Waals surface area contributed by atoms with Gasteiger partial charge in [-0.15, -0.1) is 0 Å². The second-order valence-corrected chi connectivity index (χ2v) is 6.01. The summed E-state index contributed by atoms with van der Waals surface area (Å²) < 4.78 is 38.4. The maximum absolute atomic E-state index is 12.8. The Hall–Kier alpha value is -1.03. The molecule has 0 aromatic heterocycles. The number of alkyl halides is 3. The molecule has 0 heterocycles. The smallest absolute Gasteiger partial charge is 0.317 e. The summed E-state index contributed by atoms with van der Waals surface area (Å²) in [5.41, 5.74) is 0.272. The third-order valence-electron chi connectivity index (χ3n) is 4.48. The van der Waals surface area contributed by atoms with E-state index in [1.54, 1.807) is 0 Å². The number of hydrogen-bond donors (Lipinski definition) is 1. The molecule has 1 aliphatic carbocycles. The average molecular weight is 299 g/mol. The molecule has 1 unspecified atom stereocenters. The maximum Gasteiger partial charge on any atom is 0.416 e. The number of hydrogen-bond acceptors (Lipinski definition) is 1. The highest BCUT2D eigenvalue weighted by Gasteiger charge is 2.31. The zero-order chi connectivity index (χ0) is 15.3. The van der Waals surface area contributed by atoms with E-state index < -0.39 is 11.7 Å². The minimum atomic E-state index is -4.25. The van der Waals surface area contributed by atoms with Crippen molar-refractivity contribution in [1.29, 1.82) is 0 Å². The quantitative estimate of drug-likeness (QED) is 0.805. The van der Waals surface area contributed by atoms with Crippen molar-refractivity contribution in [2.24, 2.45) is 11.8 Å². The summed E-state index contributed by atoms with van der Waals surface area (Å²) in [5.74, 6) is 1.09. The molecular formula is C17H24F3N. The summed E-state index contributed by atoms with van der Waals surface area (Å²) >= 11 is 0. The van der Waals surface area contributed by atoms with E-state index in [1.807, 2.05) is 6.07 Å². The largest absolute Gasteiger partial charge is 0.416 e. The van der Waals surface area contributed by atoms with Crippen LogP contribution in [0, 0.1) is 11.8 Å². The summed E-state index contributed by atoms with van der Waals surface area (Å²) in [5, 5.41) is 3.37. The Morgan fingerprint density at radius 2 is 1.95 bits per heavy atom. The first-order valence-corrected chi connectivity index (χ1v) is 7.87. The molecule has 0 aliphatic heterocycles. The fraction of sp³-hybridized carbons (Fsp3) is 0.647. The van der Waals surface area contributed by atoms with E-state index in [1.165, 1.54) is 37.8 Å². The molecule has 1 N–H and O–H groups in total.